The third-order valence-electron chi connectivity index (χ3n) is 2.72. The van der Waals surface area contributed by atoms with Gasteiger partial charge in [0.25, 0.3) is 0 Å². The number of fused-ring (bicyclic) bond motifs is 1. The van der Waals surface area contributed by atoms with E-state index in [1.807, 2.05) is 0 Å². The van der Waals surface area contributed by atoms with Crippen LogP contribution in [0.25, 0.3) is 0 Å². The predicted molar refractivity (Wildman–Crippen MR) is 48.3 cm³/mol. The van der Waals surface area contributed by atoms with Crippen LogP contribution >= 0.6 is 0 Å². The number of hydrogen-bond donors (Lipinski definition) is 1. The van der Waals surface area contributed by atoms with Crippen molar-refractivity contribution in [2.45, 2.75) is 25.5 Å². The quantitative estimate of drug-likeness (QED) is 0.557. The Hall–Kier alpha value is -0.120. The molecule has 0 aliphatic carbocycles. The van der Waals surface area contributed by atoms with E-state index in [9.17, 15) is 0 Å². The third kappa shape index (κ3) is 1.63. The van der Waals surface area contributed by atoms with Crippen LogP contribution in [-0.2, 0) is 4.74 Å². The third-order valence-corrected chi connectivity index (χ3v) is 2.72. The zero-order chi connectivity index (χ0) is 8.60. The van der Waals surface area contributed by atoms with Crippen LogP contribution in [0.15, 0.2) is 0 Å². The molecule has 2 rings (SSSR count). The second kappa shape index (κ2) is 2.98. The molecule has 0 radical (unpaired) electrons. The Balaban J connectivity index is 1.99. The van der Waals surface area contributed by atoms with Crippen molar-refractivity contribution in [1.29, 1.82) is 0 Å². The SMILES string of the molecule is CC1(C)CN2CCNC[C@H]2CO1. The summed E-state index contributed by atoms with van der Waals surface area (Å²) in [5, 5.41) is 3.39. The molecular weight excluding hydrogens is 152 g/mol. The minimum atomic E-state index is 0.0633. The highest BCUT2D eigenvalue weighted by atomic mass is 16.5. The van der Waals surface area contributed by atoms with Crippen LogP contribution in [0.3, 0.4) is 0 Å². The van der Waals surface area contributed by atoms with Gasteiger partial charge in [-0.25, -0.2) is 0 Å². The molecule has 2 heterocycles. The van der Waals surface area contributed by atoms with Crippen molar-refractivity contribution in [3.8, 4) is 0 Å². The van der Waals surface area contributed by atoms with E-state index in [1.165, 1.54) is 6.54 Å². The van der Waals surface area contributed by atoms with Crippen molar-refractivity contribution in [2.24, 2.45) is 0 Å². The molecule has 0 spiro atoms. The lowest BCUT2D eigenvalue weighted by Gasteiger charge is -2.46. The molecule has 12 heavy (non-hydrogen) atoms. The normalized spacial score (nSPS) is 36.0. The predicted octanol–water partition coefficient (Wildman–Crippen LogP) is 0.0690. The van der Waals surface area contributed by atoms with Gasteiger partial charge in [-0.3, -0.25) is 4.90 Å². The summed E-state index contributed by atoms with van der Waals surface area (Å²) in [5.41, 5.74) is 0.0633. The summed E-state index contributed by atoms with van der Waals surface area (Å²) in [6.45, 7) is 9.72. The van der Waals surface area contributed by atoms with Crippen LogP contribution in [0.2, 0.25) is 0 Å². The van der Waals surface area contributed by atoms with Crippen molar-refractivity contribution < 1.29 is 4.74 Å². The van der Waals surface area contributed by atoms with Gasteiger partial charge in [0, 0.05) is 32.2 Å². The zero-order valence-electron chi connectivity index (χ0n) is 7.97. The van der Waals surface area contributed by atoms with Gasteiger partial charge in [-0.1, -0.05) is 0 Å². The smallest absolute Gasteiger partial charge is 0.0753 e. The van der Waals surface area contributed by atoms with Crippen molar-refractivity contribution in [1.82, 2.24) is 10.2 Å². The topological polar surface area (TPSA) is 24.5 Å². The second-order valence-electron chi connectivity index (χ2n) is 4.40. The Kier molecular flexibility index (Phi) is 2.10. The molecule has 0 aromatic carbocycles. The Labute approximate surface area is 74.1 Å². The molecule has 0 bridgehead atoms. The molecular formula is C9H18N2O. The maximum atomic E-state index is 5.75. The summed E-state index contributed by atoms with van der Waals surface area (Å²) in [5.74, 6) is 0. The average Bonchev–Trinajstić information content (AvgIpc) is 2.02. The first-order valence-corrected chi connectivity index (χ1v) is 4.76. The van der Waals surface area contributed by atoms with Crippen molar-refractivity contribution in [3.63, 3.8) is 0 Å². The summed E-state index contributed by atoms with van der Waals surface area (Å²) >= 11 is 0. The minimum absolute atomic E-state index is 0.0633. The molecule has 1 N–H and O–H groups in total. The van der Waals surface area contributed by atoms with E-state index in [-0.39, 0.29) is 5.60 Å². The summed E-state index contributed by atoms with van der Waals surface area (Å²) in [7, 11) is 0. The molecule has 3 nitrogen and oxygen atoms in total. The lowest BCUT2D eigenvalue weighted by molar-refractivity contribution is -0.119. The molecule has 0 aromatic rings. The maximum absolute atomic E-state index is 5.75. The summed E-state index contributed by atoms with van der Waals surface area (Å²) < 4.78 is 5.75. The molecule has 70 valence electrons. The molecule has 0 aromatic heterocycles. The van der Waals surface area contributed by atoms with E-state index in [2.05, 4.69) is 24.1 Å². The molecule has 0 unspecified atom stereocenters. The van der Waals surface area contributed by atoms with Crippen LogP contribution in [0, 0.1) is 0 Å². The van der Waals surface area contributed by atoms with Gasteiger partial charge < -0.3 is 10.1 Å². The maximum Gasteiger partial charge on any atom is 0.0753 e. The second-order valence-corrected chi connectivity index (χ2v) is 4.40. The summed E-state index contributed by atoms with van der Waals surface area (Å²) in [4.78, 5) is 2.54. The molecule has 3 heteroatoms. The van der Waals surface area contributed by atoms with E-state index < -0.39 is 0 Å². The Morgan fingerprint density at radius 2 is 2.33 bits per heavy atom. The Morgan fingerprint density at radius 3 is 3.17 bits per heavy atom. The van der Waals surface area contributed by atoms with Gasteiger partial charge in [0.15, 0.2) is 0 Å². The van der Waals surface area contributed by atoms with E-state index >= 15 is 0 Å². The molecule has 1 atom stereocenters. The van der Waals surface area contributed by atoms with Crippen LogP contribution < -0.4 is 5.32 Å². The van der Waals surface area contributed by atoms with E-state index in [4.69, 9.17) is 4.74 Å². The number of nitrogens with one attached hydrogen (secondary N) is 1. The highest BCUT2D eigenvalue weighted by Gasteiger charge is 2.34. The first kappa shape index (κ1) is 8.48. The molecule has 2 saturated heterocycles. The largest absolute Gasteiger partial charge is 0.373 e. The van der Waals surface area contributed by atoms with Crippen LogP contribution in [-0.4, -0.2) is 49.3 Å². The molecule has 2 fully saturated rings. The van der Waals surface area contributed by atoms with Gasteiger partial charge >= 0.3 is 0 Å². The first-order valence-electron chi connectivity index (χ1n) is 4.76. The van der Waals surface area contributed by atoms with Gasteiger partial charge in [0.1, 0.15) is 0 Å². The van der Waals surface area contributed by atoms with Gasteiger partial charge in [-0.05, 0) is 13.8 Å². The molecule has 0 amide bonds. The lowest BCUT2D eigenvalue weighted by atomic mass is 10.0. The number of nitrogens with zero attached hydrogens (tertiary/aromatic N) is 1. The van der Waals surface area contributed by atoms with Gasteiger partial charge in [-0.2, -0.15) is 0 Å². The summed E-state index contributed by atoms with van der Waals surface area (Å²) in [6, 6.07) is 0.617. The van der Waals surface area contributed by atoms with Crippen molar-refractivity contribution in [3.05, 3.63) is 0 Å². The van der Waals surface area contributed by atoms with Crippen molar-refractivity contribution >= 4 is 0 Å². The monoisotopic (exact) mass is 170 g/mol. The Bertz CT molecular complexity index is 170. The minimum Gasteiger partial charge on any atom is -0.373 e. The van der Waals surface area contributed by atoms with Gasteiger partial charge in [0.2, 0.25) is 0 Å². The van der Waals surface area contributed by atoms with Crippen LogP contribution in [0.4, 0.5) is 0 Å². The average molecular weight is 170 g/mol. The highest BCUT2D eigenvalue weighted by Crippen LogP contribution is 2.20. The standard InChI is InChI=1S/C9H18N2O/c1-9(2)7-11-4-3-10-5-8(11)6-12-9/h8,10H,3-7H2,1-2H3/t8-/m0/s1. The highest BCUT2D eigenvalue weighted by molar-refractivity contribution is 4.89. The first-order chi connectivity index (χ1) is 5.67. The van der Waals surface area contributed by atoms with Crippen LogP contribution in [0.5, 0.6) is 0 Å². The fourth-order valence-electron chi connectivity index (χ4n) is 2.03. The number of ether oxygens (including phenoxy) is 1. The number of rotatable bonds is 0. The fourth-order valence-corrected chi connectivity index (χ4v) is 2.03. The van der Waals surface area contributed by atoms with Gasteiger partial charge in [0.05, 0.1) is 12.2 Å². The van der Waals surface area contributed by atoms with Crippen LogP contribution in [0.1, 0.15) is 13.8 Å². The van der Waals surface area contributed by atoms with E-state index in [0.717, 1.165) is 26.2 Å². The molecule has 0 saturated carbocycles. The number of piperazine rings is 1. The number of morpholine rings is 1. The van der Waals surface area contributed by atoms with E-state index in [0.29, 0.717) is 6.04 Å². The zero-order valence-corrected chi connectivity index (χ0v) is 7.97. The summed E-state index contributed by atoms with van der Waals surface area (Å²) in [6.07, 6.45) is 0. The Morgan fingerprint density at radius 1 is 1.50 bits per heavy atom. The number of hydrogen-bond acceptors (Lipinski definition) is 3. The lowest BCUT2D eigenvalue weighted by Crippen LogP contribution is -2.61. The molecule has 2 aliphatic rings. The van der Waals surface area contributed by atoms with Crippen molar-refractivity contribution in [2.75, 3.05) is 32.8 Å². The fraction of sp³-hybridized carbons (Fsp3) is 1.00. The molecule has 2 aliphatic heterocycles. The van der Waals surface area contributed by atoms with E-state index in [1.54, 1.807) is 0 Å². The van der Waals surface area contributed by atoms with Gasteiger partial charge in [-0.15, -0.1) is 0 Å².